The molecule has 204 valence electrons. The monoisotopic (exact) mass is 545 g/mol. The van der Waals surface area contributed by atoms with Gasteiger partial charge < -0.3 is 9.84 Å². The first-order valence-corrected chi connectivity index (χ1v) is 13.4. The molecule has 4 aromatic rings. The van der Waals surface area contributed by atoms with E-state index in [2.05, 4.69) is 11.4 Å². The highest BCUT2D eigenvalue weighted by atomic mass is 16.5. The lowest BCUT2D eigenvalue weighted by Gasteiger charge is -2.31. The lowest BCUT2D eigenvalue weighted by Crippen LogP contribution is -2.57. The molecule has 0 radical (unpaired) electrons. The smallest absolute Gasteiger partial charge is 0.325 e. The van der Waals surface area contributed by atoms with Crippen molar-refractivity contribution < 1.29 is 24.2 Å². The van der Waals surface area contributed by atoms with Gasteiger partial charge in [0.25, 0.3) is 0 Å². The number of likely N-dealkylation sites (tertiary alicyclic amines) is 1. The molecule has 4 atom stereocenters. The number of benzene rings is 4. The molecule has 0 saturated carbocycles. The summed E-state index contributed by atoms with van der Waals surface area (Å²) in [4.78, 5) is 42.2. The Bertz CT molecular complexity index is 1700. The molecule has 2 N–H and O–H groups in total. The Hall–Kier alpha value is -5.00. The number of hydrogen-bond donors (Lipinski definition) is 2. The lowest BCUT2D eigenvalue weighted by molar-refractivity contribution is -0.151. The van der Waals surface area contributed by atoms with E-state index >= 15 is 0 Å². The molecule has 4 unspecified atom stereocenters. The predicted molar refractivity (Wildman–Crippen MR) is 151 cm³/mol. The molecule has 41 heavy (non-hydrogen) atoms. The number of nitriles is 1. The van der Waals surface area contributed by atoms with Gasteiger partial charge in [0.15, 0.2) is 0 Å². The van der Waals surface area contributed by atoms with Gasteiger partial charge in [-0.05, 0) is 40.1 Å². The largest absolute Gasteiger partial charge is 0.492 e. The van der Waals surface area contributed by atoms with Crippen molar-refractivity contribution in [1.29, 1.82) is 5.26 Å². The molecule has 8 heteroatoms. The zero-order chi connectivity index (χ0) is 28.6. The van der Waals surface area contributed by atoms with Crippen molar-refractivity contribution in [3.8, 4) is 11.8 Å². The molecule has 2 fully saturated rings. The summed E-state index contributed by atoms with van der Waals surface area (Å²) in [6, 6.07) is 30.6. The number of nitrogens with one attached hydrogen (secondary N) is 1. The van der Waals surface area contributed by atoms with E-state index in [0.29, 0.717) is 16.9 Å². The second kappa shape index (κ2) is 10.5. The molecule has 0 aliphatic carbocycles. The van der Waals surface area contributed by atoms with Crippen molar-refractivity contribution in [2.45, 2.75) is 18.0 Å². The van der Waals surface area contributed by atoms with E-state index in [1.54, 1.807) is 36.4 Å². The molecule has 2 aliphatic rings. The van der Waals surface area contributed by atoms with Crippen LogP contribution in [0.4, 0.5) is 0 Å². The summed E-state index contributed by atoms with van der Waals surface area (Å²) in [5, 5.41) is 25.7. The van der Waals surface area contributed by atoms with Gasteiger partial charge in [-0.15, -0.1) is 0 Å². The van der Waals surface area contributed by atoms with Crippen molar-refractivity contribution in [1.82, 2.24) is 10.2 Å². The lowest BCUT2D eigenvalue weighted by atomic mass is 9.76. The highest BCUT2D eigenvalue weighted by molar-refractivity contribution is 6.09. The van der Waals surface area contributed by atoms with Crippen molar-refractivity contribution in [2.75, 3.05) is 13.2 Å². The van der Waals surface area contributed by atoms with Crippen LogP contribution in [0.3, 0.4) is 0 Å². The van der Waals surface area contributed by atoms with Gasteiger partial charge in [-0.2, -0.15) is 5.26 Å². The fourth-order valence-corrected chi connectivity index (χ4v) is 6.30. The van der Waals surface area contributed by atoms with E-state index in [1.807, 2.05) is 60.7 Å². The number of rotatable bonds is 8. The van der Waals surface area contributed by atoms with E-state index in [1.165, 1.54) is 0 Å². The molecule has 8 nitrogen and oxygen atoms in total. The number of carbonyl (C=O) groups excluding carboxylic acids is 2. The second-order valence-corrected chi connectivity index (χ2v) is 10.4. The number of carboxylic acid groups (broad SMARTS) is 1. The standard InChI is InChI=1S/C33H27N3O5/c34-20-24-10-6-7-13-26(24)29-27-28(31(38)36(30(27)37)16-17-41-25-11-2-1-3-12-25)33(35-29,32(39)40)19-21-14-15-22-8-4-5-9-23(22)18-21/h1-15,18,27-29,35H,16-17,19H2,(H,39,40). The fourth-order valence-electron chi connectivity index (χ4n) is 6.30. The normalized spacial score (nSPS) is 23.4. The molecule has 6 rings (SSSR count). The summed E-state index contributed by atoms with van der Waals surface area (Å²) in [5.41, 5.74) is -0.239. The summed E-state index contributed by atoms with van der Waals surface area (Å²) < 4.78 is 5.75. The van der Waals surface area contributed by atoms with Gasteiger partial charge in [-0.1, -0.05) is 78.9 Å². The topological polar surface area (TPSA) is 120 Å². The molecule has 2 heterocycles. The molecule has 2 aliphatic heterocycles. The van der Waals surface area contributed by atoms with Gasteiger partial charge in [0.2, 0.25) is 11.8 Å². The highest BCUT2D eigenvalue weighted by Crippen LogP contribution is 2.50. The number of amides is 2. The van der Waals surface area contributed by atoms with Crippen molar-refractivity contribution in [3.63, 3.8) is 0 Å². The van der Waals surface area contributed by atoms with Crippen LogP contribution in [0, 0.1) is 23.2 Å². The Kier molecular flexibility index (Phi) is 6.73. The number of nitrogens with zero attached hydrogens (tertiary/aromatic N) is 2. The van der Waals surface area contributed by atoms with Crippen LogP contribution in [0.1, 0.15) is 22.7 Å². The van der Waals surface area contributed by atoms with Gasteiger partial charge in [0.05, 0.1) is 30.0 Å². The maximum Gasteiger partial charge on any atom is 0.325 e. The molecule has 0 bridgehead atoms. The maximum atomic E-state index is 14.0. The van der Waals surface area contributed by atoms with Crippen molar-refractivity contribution >= 4 is 28.6 Å². The van der Waals surface area contributed by atoms with Crippen molar-refractivity contribution in [2.24, 2.45) is 11.8 Å². The number of fused-ring (bicyclic) bond motifs is 2. The third kappa shape index (κ3) is 4.50. The fraction of sp³-hybridized carbons (Fsp3) is 0.212. The van der Waals surface area contributed by atoms with Gasteiger partial charge in [-0.3, -0.25) is 24.6 Å². The van der Waals surface area contributed by atoms with Crippen LogP contribution in [0.25, 0.3) is 10.8 Å². The number of carbonyl (C=O) groups is 3. The summed E-state index contributed by atoms with van der Waals surface area (Å²) in [6.07, 6.45) is -0.0209. The molecular formula is C33H27N3O5. The SMILES string of the molecule is N#Cc1ccccc1C1NC(Cc2ccc3ccccc3c2)(C(=O)O)C2C(=O)N(CCOc3ccccc3)C(=O)C12. The van der Waals surface area contributed by atoms with Crippen molar-refractivity contribution in [3.05, 3.63) is 114 Å². The zero-order valence-electron chi connectivity index (χ0n) is 22.1. The highest BCUT2D eigenvalue weighted by Gasteiger charge is 2.68. The summed E-state index contributed by atoms with van der Waals surface area (Å²) in [7, 11) is 0. The van der Waals surface area contributed by atoms with Gasteiger partial charge >= 0.3 is 5.97 Å². The van der Waals surface area contributed by atoms with Crippen LogP contribution in [0.5, 0.6) is 5.75 Å². The summed E-state index contributed by atoms with van der Waals surface area (Å²) >= 11 is 0. The molecule has 2 amide bonds. The van der Waals surface area contributed by atoms with Gasteiger partial charge in [-0.25, -0.2) is 0 Å². The van der Waals surface area contributed by atoms with Crippen LogP contribution in [0.15, 0.2) is 97.1 Å². The molecule has 0 aromatic heterocycles. The van der Waals surface area contributed by atoms with Crippen LogP contribution in [-0.2, 0) is 20.8 Å². The Morgan fingerprint density at radius 2 is 1.63 bits per heavy atom. The number of hydrogen-bond acceptors (Lipinski definition) is 6. The third-order valence-electron chi connectivity index (χ3n) is 8.17. The second-order valence-electron chi connectivity index (χ2n) is 10.4. The number of imide groups is 1. The first-order chi connectivity index (χ1) is 19.9. The maximum absolute atomic E-state index is 14.0. The van der Waals surface area contributed by atoms with Crippen LogP contribution < -0.4 is 10.1 Å². The van der Waals surface area contributed by atoms with E-state index in [0.717, 1.165) is 21.2 Å². The molecule has 2 saturated heterocycles. The van der Waals surface area contributed by atoms with Crippen LogP contribution in [-0.4, -0.2) is 46.5 Å². The Morgan fingerprint density at radius 1 is 0.927 bits per heavy atom. The van der Waals surface area contributed by atoms with E-state index in [4.69, 9.17) is 4.74 Å². The number of aliphatic carboxylic acids is 1. The molecule has 4 aromatic carbocycles. The third-order valence-corrected chi connectivity index (χ3v) is 8.17. The minimum Gasteiger partial charge on any atom is -0.492 e. The van der Waals surface area contributed by atoms with Gasteiger partial charge in [0.1, 0.15) is 17.9 Å². The number of ether oxygens (including phenoxy) is 1. The van der Waals surface area contributed by atoms with Gasteiger partial charge in [0, 0.05) is 12.5 Å². The first kappa shape index (κ1) is 26.2. The van der Waals surface area contributed by atoms with E-state index < -0.39 is 41.2 Å². The number of carboxylic acids is 1. The Labute approximate surface area is 236 Å². The minimum atomic E-state index is -1.78. The van der Waals surface area contributed by atoms with Crippen LogP contribution >= 0.6 is 0 Å². The quantitative estimate of drug-likeness (QED) is 0.320. The Morgan fingerprint density at radius 3 is 2.39 bits per heavy atom. The Balaban J connectivity index is 1.39. The summed E-state index contributed by atoms with van der Waals surface area (Å²) in [6.45, 7) is 0.0520. The predicted octanol–water partition coefficient (Wildman–Crippen LogP) is 4.10. The minimum absolute atomic E-state index is 0.0160. The molecule has 0 spiro atoms. The zero-order valence-corrected chi connectivity index (χ0v) is 22.1. The first-order valence-electron chi connectivity index (χ1n) is 13.4. The van der Waals surface area contributed by atoms with Crippen LogP contribution in [0.2, 0.25) is 0 Å². The number of para-hydroxylation sites is 1. The van der Waals surface area contributed by atoms with E-state index in [9.17, 15) is 24.8 Å². The average Bonchev–Trinajstić information content (AvgIpc) is 3.47. The molecular weight excluding hydrogens is 518 g/mol. The average molecular weight is 546 g/mol. The summed E-state index contributed by atoms with van der Waals surface area (Å²) in [5.74, 6) is -3.81. The van der Waals surface area contributed by atoms with E-state index in [-0.39, 0.29) is 19.6 Å².